The molecule has 1 rings (SSSR count). The van der Waals surface area contributed by atoms with E-state index in [9.17, 15) is 4.79 Å². The standard InChI is InChI=1S/C14H25N3OS/c1-11(2)6-5-7-12(3)16-13(18)10-19-14-15-8-9-17(14)4/h8-9,11-12H,5-7,10H2,1-4H3,(H,16,18). The van der Waals surface area contributed by atoms with Gasteiger partial charge in [0.2, 0.25) is 5.91 Å². The monoisotopic (exact) mass is 283 g/mol. The molecular formula is C14H25N3OS. The number of aryl methyl sites for hydroxylation is 1. The Morgan fingerprint density at radius 1 is 1.42 bits per heavy atom. The van der Waals surface area contributed by atoms with Gasteiger partial charge in [0.15, 0.2) is 5.16 Å². The first-order valence-corrected chi connectivity index (χ1v) is 7.87. The zero-order valence-corrected chi connectivity index (χ0v) is 13.2. The normalized spacial score (nSPS) is 12.7. The molecule has 0 fully saturated rings. The maximum Gasteiger partial charge on any atom is 0.230 e. The predicted molar refractivity (Wildman–Crippen MR) is 80.2 cm³/mol. The van der Waals surface area contributed by atoms with Crippen molar-refractivity contribution in [2.24, 2.45) is 13.0 Å². The first-order valence-electron chi connectivity index (χ1n) is 6.88. The summed E-state index contributed by atoms with van der Waals surface area (Å²) in [5, 5.41) is 3.92. The highest BCUT2D eigenvalue weighted by Crippen LogP contribution is 2.14. The molecule has 0 aromatic carbocycles. The van der Waals surface area contributed by atoms with Gasteiger partial charge in [-0.05, 0) is 19.3 Å². The van der Waals surface area contributed by atoms with Crippen LogP contribution in [0.3, 0.4) is 0 Å². The van der Waals surface area contributed by atoms with E-state index in [1.807, 2.05) is 17.8 Å². The molecule has 1 unspecified atom stereocenters. The number of nitrogens with zero attached hydrogens (tertiary/aromatic N) is 2. The van der Waals surface area contributed by atoms with E-state index >= 15 is 0 Å². The molecule has 0 spiro atoms. The van der Waals surface area contributed by atoms with Crippen molar-refractivity contribution in [2.45, 2.75) is 51.2 Å². The van der Waals surface area contributed by atoms with E-state index in [1.54, 1.807) is 6.20 Å². The maximum atomic E-state index is 11.8. The number of hydrogen-bond donors (Lipinski definition) is 1. The highest BCUT2D eigenvalue weighted by molar-refractivity contribution is 7.99. The summed E-state index contributed by atoms with van der Waals surface area (Å²) in [6.07, 6.45) is 7.08. The second-order valence-electron chi connectivity index (χ2n) is 5.40. The molecule has 0 radical (unpaired) electrons. The van der Waals surface area contributed by atoms with Crippen LogP contribution >= 0.6 is 11.8 Å². The minimum atomic E-state index is 0.0880. The number of thioether (sulfide) groups is 1. The summed E-state index contributed by atoms with van der Waals surface area (Å²) in [6, 6.07) is 0.258. The number of hydrogen-bond acceptors (Lipinski definition) is 3. The summed E-state index contributed by atoms with van der Waals surface area (Å²) in [4.78, 5) is 16.0. The number of carbonyl (C=O) groups is 1. The molecule has 5 heteroatoms. The van der Waals surface area contributed by atoms with Crippen LogP contribution < -0.4 is 5.32 Å². The summed E-state index contributed by atoms with van der Waals surface area (Å²) in [5.74, 6) is 1.26. The van der Waals surface area contributed by atoms with Crippen LogP contribution in [0.15, 0.2) is 17.6 Å². The lowest BCUT2D eigenvalue weighted by Crippen LogP contribution is -2.33. The Labute approximate surface area is 120 Å². The van der Waals surface area contributed by atoms with E-state index < -0.39 is 0 Å². The number of amides is 1. The molecule has 0 aliphatic carbocycles. The van der Waals surface area contributed by atoms with Gasteiger partial charge in [-0.1, -0.05) is 38.5 Å². The van der Waals surface area contributed by atoms with Crippen molar-refractivity contribution in [3.05, 3.63) is 12.4 Å². The molecule has 1 amide bonds. The van der Waals surface area contributed by atoms with Crippen molar-refractivity contribution in [3.63, 3.8) is 0 Å². The first kappa shape index (κ1) is 16.1. The zero-order valence-electron chi connectivity index (χ0n) is 12.3. The highest BCUT2D eigenvalue weighted by Gasteiger charge is 2.09. The van der Waals surface area contributed by atoms with Gasteiger partial charge in [0.1, 0.15) is 0 Å². The molecule has 1 atom stereocenters. The Hall–Kier alpha value is -0.970. The van der Waals surface area contributed by atoms with E-state index in [-0.39, 0.29) is 11.9 Å². The van der Waals surface area contributed by atoms with Crippen molar-refractivity contribution in [1.82, 2.24) is 14.9 Å². The van der Waals surface area contributed by atoms with Gasteiger partial charge in [0.25, 0.3) is 0 Å². The van der Waals surface area contributed by atoms with Gasteiger partial charge >= 0.3 is 0 Å². The van der Waals surface area contributed by atoms with Crippen molar-refractivity contribution in [3.8, 4) is 0 Å². The molecule has 1 aromatic heterocycles. The number of aromatic nitrogens is 2. The molecule has 108 valence electrons. The van der Waals surface area contributed by atoms with E-state index in [0.29, 0.717) is 5.75 Å². The van der Waals surface area contributed by atoms with Gasteiger partial charge < -0.3 is 9.88 Å². The van der Waals surface area contributed by atoms with Crippen molar-refractivity contribution < 1.29 is 4.79 Å². The van der Waals surface area contributed by atoms with Gasteiger partial charge in [0, 0.05) is 25.5 Å². The third kappa shape index (κ3) is 6.66. The molecule has 0 aliphatic rings. The van der Waals surface area contributed by atoms with Crippen LogP contribution in [0.1, 0.15) is 40.0 Å². The fourth-order valence-electron chi connectivity index (χ4n) is 1.84. The third-order valence-corrected chi connectivity index (χ3v) is 3.99. The minimum absolute atomic E-state index is 0.0880. The summed E-state index contributed by atoms with van der Waals surface area (Å²) >= 11 is 1.47. The van der Waals surface area contributed by atoms with Crippen molar-refractivity contribution in [2.75, 3.05) is 5.75 Å². The average molecular weight is 283 g/mol. The fraction of sp³-hybridized carbons (Fsp3) is 0.714. The lowest BCUT2D eigenvalue weighted by Gasteiger charge is -2.14. The Balaban J connectivity index is 2.18. The summed E-state index contributed by atoms with van der Waals surface area (Å²) in [6.45, 7) is 6.53. The van der Waals surface area contributed by atoms with Crippen LogP contribution in [0.2, 0.25) is 0 Å². The summed E-state index contributed by atoms with van der Waals surface area (Å²) in [7, 11) is 1.93. The molecule has 0 saturated carbocycles. The Morgan fingerprint density at radius 2 is 2.16 bits per heavy atom. The van der Waals surface area contributed by atoms with Crippen molar-refractivity contribution in [1.29, 1.82) is 0 Å². The van der Waals surface area contributed by atoms with Crippen LogP contribution in [0.4, 0.5) is 0 Å². The third-order valence-electron chi connectivity index (χ3n) is 2.94. The Bertz CT molecular complexity index is 390. The number of rotatable bonds is 8. The van der Waals surface area contributed by atoms with Gasteiger partial charge in [-0.3, -0.25) is 4.79 Å². The van der Waals surface area contributed by atoms with Gasteiger partial charge in [-0.2, -0.15) is 0 Å². The largest absolute Gasteiger partial charge is 0.353 e. The lowest BCUT2D eigenvalue weighted by atomic mass is 10.0. The van der Waals surface area contributed by atoms with Gasteiger partial charge in [-0.15, -0.1) is 0 Å². The summed E-state index contributed by atoms with van der Waals surface area (Å²) < 4.78 is 1.92. The van der Waals surface area contributed by atoms with Crippen LogP contribution in [0.25, 0.3) is 0 Å². The Kier molecular flexibility index (Phi) is 6.99. The number of carbonyl (C=O) groups excluding carboxylic acids is 1. The fourth-order valence-corrected chi connectivity index (χ4v) is 2.59. The molecule has 19 heavy (non-hydrogen) atoms. The molecule has 1 aromatic rings. The SMILES string of the molecule is CC(C)CCCC(C)NC(=O)CSc1nccn1C. The molecule has 4 nitrogen and oxygen atoms in total. The highest BCUT2D eigenvalue weighted by atomic mass is 32.2. The number of nitrogens with one attached hydrogen (secondary N) is 1. The minimum Gasteiger partial charge on any atom is -0.353 e. The van der Waals surface area contributed by atoms with E-state index in [4.69, 9.17) is 0 Å². The molecule has 0 saturated heterocycles. The lowest BCUT2D eigenvalue weighted by molar-refractivity contribution is -0.119. The van der Waals surface area contributed by atoms with Gasteiger partial charge in [0.05, 0.1) is 5.75 Å². The molecule has 0 aliphatic heterocycles. The van der Waals surface area contributed by atoms with Crippen LogP contribution in [0.5, 0.6) is 0 Å². The van der Waals surface area contributed by atoms with Crippen molar-refractivity contribution >= 4 is 17.7 Å². The topological polar surface area (TPSA) is 46.9 Å². The quantitative estimate of drug-likeness (QED) is 0.746. The van der Waals surface area contributed by atoms with Gasteiger partial charge in [-0.25, -0.2) is 4.98 Å². The smallest absolute Gasteiger partial charge is 0.230 e. The number of imidazole rings is 1. The predicted octanol–water partition coefficient (Wildman–Crippen LogP) is 2.84. The second kappa shape index (κ2) is 8.25. The molecule has 1 N–H and O–H groups in total. The zero-order chi connectivity index (χ0) is 14.3. The average Bonchev–Trinajstić information content (AvgIpc) is 2.71. The molecule has 1 heterocycles. The Morgan fingerprint density at radius 3 is 2.74 bits per heavy atom. The van der Waals surface area contributed by atoms with E-state index in [0.717, 1.165) is 17.5 Å². The van der Waals surface area contributed by atoms with Crippen LogP contribution in [-0.2, 0) is 11.8 Å². The molecular weight excluding hydrogens is 258 g/mol. The van der Waals surface area contributed by atoms with E-state index in [2.05, 4.69) is 31.1 Å². The molecule has 0 bridgehead atoms. The van der Waals surface area contributed by atoms with Crippen LogP contribution in [0, 0.1) is 5.92 Å². The summed E-state index contributed by atoms with van der Waals surface area (Å²) in [5.41, 5.74) is 0. The second-order valence-corrected chi connectivity index (χ2v) is 6.35. The van der Waals surface area contributed by atoms with Crippen LogP contribution in [-0.4, -0.2) is 27.3 Å². The maximum absolute atomic E-state index is 11.8. The first-order chi connectivity index (χ1) is 8.99. The van der Waals surface area contributed by atoms with E-state index in [1.165, 1.54) is 24.6 Å².